The SMILES string of the molecule is Cc1ccn(CCn2c3c(cc(-c4cccc(F)c4)c2=O)CN(Cc2c(C)[nH]c4ccccc24)CC3)n1. The van der Waals surface area contributed by atoms with Crippen LogP contribution in [0, 0.1) is 19.7 Å². The second kappa shape index (κ2) is 9.48. The molecular formula is C30H30FN5O. The lowest BCUT2D eigenvalue weighted by atomic mass is 9.98. The van der Waals surface area contributed by atoms with E-state index in [4.69, 9.17) is 0 Å². The van der Waals surface area contributed by atoms with E-state index in [0.29, 0.717) is 24.2 Å². The monoisotopic (exact) mass is 495 g/mol. The number of aromatic nitrogens is 4. The van der Waals surface area contributed by atoms with Gasteiger partial charge < -0.3 is 9.55 Å². The predicted molar refractivity (Wildman–Crippen MR) is 144 cm³/mol. The first-order valence-electron chi connectivity index (χ1n) is 12.8. The molecule has 2 aromatic carbocycles. The number of halogens is 1. The second-order valence-corrected chi connectivity index (χ2v) is 9.95. The number of rotatable bonds is 6. The molecule has 0 spiro atoms. The van der Waals surface area contributed by atoms with Crippen molar-refractivity contribution >= 4 is 10.9 Å². The van der Waals surface area contributed by atoms with Crippen LogP contribution in [-0.4, -0.2) is 30.8 Å². The van der Waals surface area contributed by atoms with Crippen molar-refractivity contribution in [3.63, 3.8) is 0 Å². The van der Waals surface area contributed by atoms with Crippen molar-refractivity contribution in [1.29, 1.82) is 0 Å². The van der Waals surface area contributed by atoms with Gasteiger partial charge in [0.15, 0.2) is 0 Å². The third-order valence-corrected chi connectivity index (χ3v) is 7.42. The average molecular weight is 496 g/mol. The van der Waals surface area contributed by atoms with E-state index in [-0.39, 0.29) is 11.4 Å². The van der Waals surface area contributed by atoms with Crippen molar-refractivity contribution in [2.24, 2.45) is 0 Å². The van der Waals surface area contributed by atoms with Crippen LogP contribution < -0.4 is 5.56 Å². The van der Waals surface area contributed by atoms with Gasteiger partial charge in [0.05, 0.1) is 12.2 Å². The smallest absolute Gasteiger partial charge is 0.258 e. The molecule has 0 bridgehead atoms. The maximum atomic E-state index is 14.1. The van der Waals surface area contributed by atoms with Crippen molar-refractivity contribution in [2.75, 3.05) is 6.54 Å². The van der Waals surface area contributed by atoms with E-state index in [1.807, 2.05) is 40.6 Å². The summed E-state index contributed by atoms with van der Waals surface area (Å²) in [5.74, 6) is -0.343. The molecule has 4 heterocycles. The van der Waals surface area contributed by atoms with E-state index in [9.17, 15) is 9.18 Å². The summed E-state index contributed by atoms with van der Waals surface area (Å²) in [6.45, 7) is 7.64. The maximum absolute atomic E-state index is 14.1. The first-order chi connectivity index (χ1) is 18.0. The molecule has 0 saturated heterocycles. The van der Waals surface area contributed by atoms with Gasteiger partial charge in [-0.25, -0.2) is 4.39 Å². The van der Waals surface area contributed by atoms with Gasteiger partial charge in [0.2, 0.25) is 0 Å². The normalized spacial score (nSPS) is 13.8. The predicted octanol–water partition coefficient (Wildman–Crippen LogP) is 5.21. The highest BCUT2D eigenvalue weighted by molar-refractivity contribution is 5.84. The molecule has 0 saturated carbocycles. The third-order valence-electron chi connectivity index (χ3n) is 7.42. The lowest BCUT2D eigenvalue weighted by Crippen LogP contribution is -2.36. The van der Waals surface area contributed by atoms with E-state index < -0.39 is 0 Å². The topological polar surface area (TPSA) is 58.9 Å². The second-order valence-electron chi connectivity index (χ2n) is 9.95. The molecule has 0 radical (unpaired) electrons. The van der Waals surface area contributed by atoms with E-state index >= 15 is 0 Å². The number of para-hydroxylation sites is 1. The van der Waals surface area contributed by atoms with Crippen LogP contribution in [0.15, 0.2) is 71.7 Å². The summed E-state index contributed by atoms with van der Waals surface area (Å²) in [6, 6.07) is 18.7. The number of aromatic amines is 1. The van der Waals surface area contributed by atoms with Crippen LogP contribution in [0.25, 0.3) is 22.0 Å². The molecule has 0 aliphatic carbocycles. The van der Waals surface area contributed by atoms with E-state index in [1.54, 1.807) is 6.07 Å². The molecule has 7 heteroatoms. The number of hydrogen-bond donors (Lipinski definition) is 1. The third kappa shape index (κ3) is 4.51. The first kappa shape index (κ1) is 23.4. The number of hydrogen-bond acceptors (Lipinski definition) is 3. The molecule has 0 fully saturated rings. The Labute approximate surface area is 215 Å². The molecular weight excluding hydrogens is 465 g/mol. The Kier molecular flexibility index (Phi) is 6.00. The van der Waals surface area contributed by atoms with E-state index in [0.717, 1.165) is 48.5 Å². The standard InChI is InChI=1S/C30H30FN5O/c1-20-10-13-35(33-20)14-15-36-29-11-12-34(19-27-21(2)32-28-9-4-3-8-25(27)28)18-23(29)17-26(30(36)37)22-6-5-7-24(31)16-22/h3-10,13,16-17,32H,11-12,14-15,18-19H2,1-2H3. The molecule has 0 unspecified atom stereocenters. The van der Waals surface area contributed by atoms with Gasteiger partial charge in [0.25, 0.3) is 5.56 Å². The summed E-state index contributed by atoms with van der Waals surface area (Å²) >= 11 is 0. The largest absolute Gasteiger partial charge is 0.358 e. The summed E-state index contributed by atoms with van der Waals surface area (Å²) < 4.78 is 17.9. The minimum atomic E-state index is -0.343. The summed E-state index contributed by atoms with van der Waals surface area (Å²) in [7, 11) is 0. The zero-order valence-electron chi connectivity index (χ0n) is 21.2. The number of aryl methyl sites for hydroxylation is 3. The van der Waals surface area contributed by atoms with Crippen LogP contribution in [0.4, 0.5) is 4.39 Å². The molecule has 0 atom stereocenters. The summed E-state index contributed by atoms with van der Waals surface area (Å²) in [5, 5.41) is 5.74. The van der Waals surface area contributed by atoms with Crippen LogP contribution in [-0.2, 0) is 32.6 Å². The maximum Gasteiger partial charge on any atom is 0.258 e. The van der Waals surface area contributed by atoms with Crippen LogP contribution in [0.3, 0.4) is 0 Å². The molecule has 1 N–H and O–H groups in total. The fourth-order valence-electron chi connectivity index (χ4n) is 5.56. The van der Waals surface area contributed by atoms with Crippen LogP contribution in [0.5, 0.6) is 0 Å². The molecule has 3 aromatic heterocycles. The van der Waals surface area contributed by atoms with Crippen LogP contribution in [0.2, 0.25) is 0 Å². The number of nitrogens with one attached hydrogen (secondary N) is 1. The molecule has 1 aliphatic heterocycles. The van der Waals surface area contributed by atoms with Gasteiger partial charge in [0, 0.05) is 66.7 Å². The molecule has 37 heavy (non-hydrogen) atoms. The van der Waals surface area contributed by atoms with Gasteiger partial charge in [-0.2, -0.15) is 5.10 Å². The fraction of sp³-hybridized carbons (Fsp3) is 0.267. The van der Waals surface area contributed by atoms with Crippen LogP contribution >= 0.6 is 0 Å². The quantitative estimate of drug-likeness (QED) is 0.352. The summed E-state index contributed by atoms with van der Waals surface area (Å²) in [4.78, 5) is 19.6. The number of fused-ring (bicyclic) bond motifs is 2. The fourth-order valence-corrected chi connectivity index (χ4v) is 5.56. The van der Waals surface area contributed by atoms with Gasteiger partial charge >= 0.3 is 0 Å². The first-order valence-corrected chi connectivity index (χ1v) is 12.8. The number of pyridine rings is 1. The van der Waals surface area contributed by atoms with Gasteiger partial charge in [-0.05, 0) is 60.9 Å². The molecule has 6 rings (SSSR count). The summed E-state index contributed by atoms with van der Waals surface area (Å²) in [6.07, 6.45) is 2.72. The summed E-state index contributed by atoms with van der Waals surface area (Å²) in [5.41, 5.74) is 7.88. The van der Waals surface area contributed by atoms with Crippen LogP contribution in [0.1, 0.15) is 28.2 Å². The Morgan fingerprint density at radius 3 is 2.70 bits per heavy atom. The van der Waals surface area contributed by atoms with Crippen molar-refractivity contribution in [3.05, 3.63) is 111 Å². The average Bonchev–Trinajstić information content (AvgIpc) is 3.45. The Morgan fingerprint density at radius 1 is 1.03 bits per heavy atom. The van der Waals surface area contributed by atoms with Gasteiger partial charge in [-0.15, -0.1) is 0 Å². The molecule has 188 valence electrons. The van der Waals surface area contributed by atoms with Gasteiger partial charge in [0.1, 0.15) is 5.82 Å². The van der Waals surface area contributed by atoms with Crippen molar-refractivity contribution in [1.82, 2.24) is 24.2 Å². The molecule has 5 aromatic rings. The minimum Gasteiger partial charge on any atom is -0.358 e. The molecule has 0 amide bonds. The van der Waals surface area contributed by atoms with E-state index in [2.05, 4.69) is 46.2 Å². The van der Waals surface area contributed by atoms with Crippen molar-refractivity contribution < 1.29 is 4.39 Å². The molecule has 1 aliphatic rings. The Balaban J connectivity index is 1.37. The zero-order chi connectivity index (χ0) is 25.5. The number of benzene rings is 2. The minimum absolute atomic E-state index is 0.0749. The Hall–Kier alpha value is -3.97. The van der Waals surface area contributed by atoms with Crippen molar-refractivity contribution in [3.8, 4) is 11.1 Å². The van der Waals surface area contributed by atoms with Gasteiger partial charge in [-0.3, -0.25) is 14.4 Å². The lowest BCUT2D eigenvalue weighted by Gasteiger charge is -2.31. The number of nitrogens with zero attached hydrogens (tertiary/aromatic N) is 4. The molecule has 6 nitrogen and oxygen atoms in total. The highest BCUT2D eigenvalue weighted by atomic mass is 19.1. The lowest BCUT2D eigenvalue weighted by molar-refractivity contribution is 0.240. The highest BCUT2D eigenvalue weighted by Gasteiger charge is 2.24. The highest BCUT2D eigenvalue weighted by Crippen LogP contribution is 2.28. The number of H-pyrrole nitrogens is 1. The van der Waals surface area contributed by atoms with Gasteiger partial charge in [-0.1, -0.05) is 30.3 Å². The Bertz CT molecular complexity index is 1660. The zero-order valence-corrected chi connectivity index (χ0v) is 21.2. The van der Waals surface area contributed by atoms with E-state index in [1.165, 1.54) is 28.8 Å². The Morgan fingerprint density at radius 2 is 1.89 bits per heavy atom. The van der Waals surface area contributed by atoms with Crippen molar-refractivity contribution in [2.45, 2.75) is 46.4 Å².